The lowest BCUT2D eigenvalue weighted by Gasteiger charge is -2.11. The van der Waals surface area contributed by atoms with Crippen molar-refractivity contribution in [2.24, 2.45) is 0 Å². The first-order valence-corrected chi connectivity index (χ1v) is 8.33. The summed E-state index contributed by atoms with van der Waals surface area (Å²) in [7, 11) is 1.58. The molecule has 2 aromatic carbocycles. The molecule has 4 nitrogen and oxygen atoms in total. The van der Waals surface area contributed by atoms with Crippen molar-refractivity contribution in [1.82, 2.24) is 0 Å². The number of hydrogen-bond acceptors (Lipinski definition) is 4. The Morgan fingerprint density at radius 3 is 2.29 bits per heavy atom. The van der Waals surface area contributed by atoms with E-state index in [0.29, 0.717) is 5.75 Å². The third-order valence-electron chi connectivity index (χ3n) is 3.73. The number of aliphatic hydroxyl groups is 1. The third kappa shape index (κ3) is 5.55. The van der Waals surface area contributed by atoms with Crippen molar-refractivity contribution in [3.8, 4) is 11.5 Å². The maximum atomic E-state index is 9.37. The van der Waals surface area contributed by atoms with E-state index >= 15 is 0 Å². The SMILES string of the molecule is CCCOc1ccc(CCc2ccc(CO)c(OCOC)c2)cc1. The number of benzene rings is 2. The van der Waals surface area contributed by atoms with Gasteiger partial charge in [-0.1, -0.05) is 31.2 Å². The van der Waals surface area contributed by atoms with E-state index in [4.69, 9.17) is 14.2 Å². The first-order chi connectivity index (χ1) is 11.8. The van der Waals surface area contributed by atoms with Gasteiger partial charge in [-0.2, -0.15) is 0 Å². The molecule has 2 rings (SSSR count). The molecule has 0 unspecified atom stereocenters. The van der Waals surface area contributed by atoms with Gasteiger partial charge in [-0.05, 0) is 48.6 Å². The normalized spacial score (nSPS) is 10.6. The zero-order chi connectivity index (χ0) is 17.2. The summed E-state index contributed by atoms with van der Waals surface area (Å²) in [6, 6.07) is 14.2. The largest absolute Gasteiger partial charge is 0.494 e. The second kappa shape index (κ2) is 9.96. The summed E-state index contributed by atoms with van der Waals surface area (Å²) in [6.45, 7) is 2.98. The van der Waals surface area contributed by atoms with Crippen molar-refractivity contribution in [3.63, 3.8) is 0 Å². The average molecular weight is 330 g/mol. The fourth-order valence-corrected chi connectivity index (χ4v) is 2.40. The van der Waals surface area contributed by atoms with Crippen LogP contribution in [0.25, 0.3) is 0 Å². The Morgan fingerprint density at radius 2 is 1.62 bits per heavy atom. The topological polar surface area (TPSA) is 47.9 Å². The van der Waals surface area contributed by atoms with E-state index in [1.165, 1.54) is 11.1 Å². The minimum Gasteiger partial charge on any atom is -0.494 e. The second-order valence-electron chi connectivity index (χ2n) is 5.64. The highest BCUT2D eigenvalue weighted by molar-refractivity contribution is 5.38. The van der Waals surface area contributed by atoms with Gasteiger partial charge in [0.05, 0.1) is 13.2 Å². The number of aliphatic hydroxyl groups excluding tert-OH is 1. The summed E-state index contributed by atoms with van der Waals surface area (Å²) >= 11 is 0. The van der Waals surface area contributed by atoms with Crippen LogP contribution >= 0.6 is 0 Å². The molecule has 0 atom stereocenters. The van der Waals surface area contributed by atoms with Crippen LogP contribution in [0.2, 0.25) is 0 Å². The Labute approximate surface area is 144 Å². The van der Waals surface area contributed by atoms with Crippen LogP contribution in [-0.4, -0.2) is 25.6 Å². The number of ether oxygens (including phenoxy) is 3. The lowest BCUT2D eigenvalue weighted by Crippen LogP contribution is -2.03. The molecule has 0 bridgehead atoms. The summed E-state index contributed by atoms with van der Waals surface area (Å²) < 4.78 is 16.1. The molecule has 2 aromatic rings. The minimum absolute atomic E-state index is 0.0431. The van der Waals surface area contributed by atoms with Crippen LogP contribution in [-0.2, 0) is 24.2 Å². The molecule has 0 radical (unpaired) electrons. The zero-order valence-electron chi connectivity index (χ0n) is 14.5. The molecule has 0 spiro atoms. The van der Waals surface area contributed by atoms with E-state index in [9.17, 15) is 5.11 Å². The molecule has 0 heterocycles. The van der Waals surface area contributed by atoms with Crippen LogP contribution in [0.1, 0.15) is 30.0 Å². The fraction of sp³-hybridized carbons (Fsp3) is 0.400. The van der Waals surface area contributed by atoms with E-state index in [0.717, 1.165) is 37.2 Å². The standard InChI is InChI=1S/C20H26O4/c1-3-12-23-19-10-7-16(8-11-19)4-5-17-6-9-18(14-21)20(13-17)24-15-22-2/h6-11,13,21H,3-5,12,14-15H2,1-2H3. The monoisotopic (exact) mass is 330 g/mol. The van der Waals surface area contributed by atoms with Crippen molar-refractivity contribution >= 4 is 0 Å². The van der Waals surface area contributed by atoms with Crippen LogP contribution < -0.4 is 9.47 Å². The van der Waals surface area contributed by atoms with Crippen molar-refractivity contribution in [2.75, 3.05) is 20.5 Å². The molecular weight excluding hydrogens is 304 g/mol. The molecular formula is C20H26O4. The van der Waals surface area contributed by atoms with E-state index < -0.39 is 0 Å². The number of rotatable bonds is 10. The molecule has 0 aliphatic carbocycles. The number of aryl methyl sites for hydroxylation is 2. The summed E-state index contributed by atoms with van der Waals surface area (Å²) in [5.41, 5.74) is 3.21. The molecule has 0 aliphatic heterocycles. The van der Waals surface area contributed by atoms with E-state index in [1.807, 2.05) is 30.3 Å². The molecule has 24 heavy (non-hydrogen) atoms. The van der Waals surface area contributed by atoms with Gasteiger partial charge in [-0.3, -0.25) is 0 Å². The van der Waals surface area contributed by atoms with E-state index in [1.54, 1.807) is 7.11 Å². The van der Waals surface area contributed by atoms with E-state index in [2.05, 4.69) is 19.1 Å². The Hall–Kier alpha value is -2.04. The van der Waals surface area contributed by atoms with Crippen molar-refractivity contribution < 1.29 is 19.3 Å². The summed E-state index contributed by atoms with van der Waals surface area (Å²) in [5.74, 6) is 1.60. The minimum atomic E-state index is -0.0431. The van der Waals surface area contributed by atoms with Gasteiger partial charge in [-0.15, -0.1) is 0 Å². The highest BCUT2D eigenvalue weighted by Gasteiger charge is 2.05. The predicted octanol–water partition coefficient (Wildman–Crippen LogP) is 3.74. The summed E-state index contributed by atoms with van der Waals surface area (Å²) in [5, 5.41) is 9.37. The van der Waals surface area contributed by atoms with Gasteiger partial charge in [0.15, 0.2) is 6.79 Å². The predicted molar refractivity (Wildman–Crippen MR) is 94.5 cm³/mol. The Kier molecular flexibility index (Phi) is 7.59. The molecule has 1 N–H and O–H groups in total. The third-order valence-corrected chi connectivity index (χ3v) is 3.73. The van der Waals surface area contributed by atoms with Crippen LogP contribution in [0, 0.1) is 0 Å². The maximum Gasteiger partial charge on any atom is 0.188 e. The van der Waals surface area contributed by atoms with Crippen molar-refractivity contribution in [2.45, 2.75) is 32.8 Å². The first-order valence-electron chi connectivity index (χ1n) is 8.33. The highest BCUT2D eigenvalue weighted by Crippen LogP contribution is 2.22. The molecule has 0 saturated carbocycles. The first kappa shape index (κ1) is 18.3. The van der Waals surface area contributed by atoms with Crippen LogP contribution in [0.3, 0.4) is 0 Å². The van der Waals surface area contributed by atoms with Crippen molar-refractivity contribution in [1.29, 1.82) is 0 Å². The summed E-state index contributed by atoms with van der Waals surface area (Å²) in [4.78, 5) is 0. The number of methoxy groups -OCH3 is 1. The Balaban J connectivity index is 1.95. The zero-order valence-corrected chi connectivity index (χ0v) is 14.5. The Morgan fingerprint density at radius 1 is 0.917 bits per heavy atom. The molecule has 0 aromatic heterocycles. The van der Waals surface area contributed by atoms with Gasteiger partial charge in [0.25, 0.3) is 0 Å². The van der Waals surface area contributed by atoms with Gasteiger partial charge in [0.2, 0.25) is 0 Å². The average Bonchev–Trinajstić information content (AvgIpc) is 2.63. The summed E-state index contributed by atoms with van der Waals surface area (Å²) in [6.07, 6.45) is 2.86. The number of hydrogen-bond donors (Lipinski definition) is 1. The van der Waals surface area contributed by atoms with Crippen LogP contribution in [0.15, 0.2) is 42.5 Å². The van der Waals surface area contributed by atoms with Crippen molar-refractivity contribution in [3.05, 3.63) is 59.2 Å². The lowest BCUT2D eigenvalue weighted by molar-refractivity contribution is 0.0494. The molecule has 130 valence electrons. The Bertz CT molecular complexity index is 608. The smallest absolute Gasteiger partial charge is 0.188 e. The maximum absolute atomic E-state index is 9.37. The molecule has 0 saturated heterocycles. The fourth-order valence-electron chi connectivity index (χ4n) is 2.40. The molecule has 0 fully saturated rings. The van der Waals surface area contributed by atoms with Gasteiger partial charge in [0.1, 0.15) is 11.5 Å². The van der Waals surface area contributed by atoms with Gasteiger partial charge >= 0.3 is 0 Å². The quantitative estimate of drug-likeness (QED) is 0.674. The van der Waals surface area contributed by atoms with Crippen LogP contribution in [0.4, 0.5) is 0 Å². The highest BCUT2D eigenvalue weighted by atomic mass is 16.7. The van der Waals surface area contributed by atoms with Gasteiger partial charge in [0, 0.05) is 12.7 Å². The molecule has 0 amide bonds. The van der Waals surface area contributed by atoms with Gasteiger partial charge < -0.3 is 19.3 Å². The molecule has 0 aliphatic rings. The van der Waals surface area contributed by atoms with E-state index in [-0.39, 0.29) is 13.4 Å². The lowest BCUT2D eigenvalue weighted by atomic mass is 10.0. The van der Waals surface area contributed by atoms with Crippen LogP contribution in [0.5, 0.6) is 11.5 Å². The van der Waals surface area contributed by atoms with Gasteiger partial charge in [-0.25, -0.2) is 0 Å². The molecule has 4 heteroatoms. The second-order valence-corrected chi connectivity index (χ2v) is 5.64.